The van der Waals surface area contributed by atoms with Gasteiger partial charge >= 0.3 is 7.25 Å². The lowest BCUT2D eigenvalue weighted by Gasteiger charge is -1.94. The molecule has 0 spiro atoms. The summed E-state index contributed by atoms with van der Waals surface area (Å²) in [5, 5.41) is 7.32. The van der Waals surface area contributed by atoms with Crippen molar-refractivity contribution in [3.8, 4) is 6.07 Å². The Bertz CT molecular complexity index is 310. The van der Waals surface area contributed by atoms with E-state index in [4.69, 9.17) is 5.26 Å². The fourth-order valence-electron chi connectivity index (χ4n) is 0.689. The molecule has 92 valence electrons. The molecule has 0 aliphatic rings. The van der Waals surface area contributed by atoms with Gasteiger partial charge in [0.05, 0.1) is 19.7 Å². The molecule has 1 aromatic rings. The lowest BCUT2D eigenvalue weighted by atomic mass is 10.3. The molecule has 0 aliphatic heterocycles. The van der Waals surface area contributed by atoms with E-state index < -0.39 is 7.25 Å². The van der Waals surface area contributed by atoms with Gasteiger partial charge in [0.2, 0.25) is 6.33 Å². The maximum absolute atomic E-state index is 9.75. The second-order valence-electron chi connectivity index (χ2n) is 2.63. The van der Waals surface area contributed by atoms with Gasteiger partial charge < -0.3 is 17.3 Å². The molecular formula is C8H14BF4N3. The third-order valence-corrected chi connectivity index (χ3v) is 1.19. The number of imidazole rings is 1. The molecular weight excluding hydrogens is 225 g/mol. The molecule has 0 aromatic carbocycles. The van der Waals surface area contributed by atoms with Gasteiger partial charge in [-0.2, -0.15) is 5.26 Å². The predicted molar refractivity (Wildman–Crippen MR) is 52.8 cm³/mol. The summed E-state index contributed by atoms with van der Waals surface area (Å²) in [6.07, 6.45) is 6.14. The Kier molecular flexibility index (Phi) is 9.26. The first-order valence-corrected chi connectivity index (χ1v) is 4.43. The normalized spacial score (nSPS) is 9.12. The van der Waals surface area contributed by atoms with E-state index in [-0.39, 0.29) is 0 Å². The fourth-order valence-corrected chi connectivity index (χ4v) is 0.689. The van der Waals surface area contributed by atoms with E-state index in [1.54, 1.807) is 6.07 Å². The Morgan fingerprint density at radius 1 is 1.38 bits per heavy atom. The summed E-state index contributed by atoms with van der Waals surface area (Å²) in [5.41, 5.74) is 0. The van der Waals surface area contributed by atoms with E-state index in [1.807, 2.05) is 17.8 Å². The fraction of sp³-hybridized carbons (Fsp3) is 0.500. The van der Waals surface area contributed by atoms with E-state index in [0.717, 1.165) is 6.54 Å². The van der Waals surface area contributed by atoms with Crippen LogP contribution >= 0.6 is 0 Å². The number of hydrogen-bond donors (Lipinski definition) is 0. The minimum Gasteiger partial charge on any atom is -0.418 e. The number of aromatic nitrogens is 2. The molecule has 0 atom stereocenters. The molecule has 0 N–H and O–H groups in total. The minimum absolute atomic E-state index is 1.06. The zero-order chi connectivity index (χ0) is 13.2. The summed E-state index contributed by atoms with van der Waals surface area (Å²) >= 11 is 0. The van der Waals surface area contributed by atoms with E-state index in [9.17, 15) is 17.3 Å². The molecule has 0 radical (unpaired) electrons. The van der Waals surface area contributed by atoms with Crippen LogP contribution in [0.3, 0.4) is 0 Å². The first-order chi connectivity index (χ1) is 7.24. The third kappa shape index (κ3) is 18.3. The van der Waals surface area contributed by atoms with Crippen molar-refractivity contribution in [2.75, 3.05) is 0 Å². The van der Waals surface area contributed by atoms with Gasteiger partial charge in [0.1, 0.15) is 12.4 Å². The molecule has 1 aromatic heterocycles. The summed E-state index contributed by atoms with van der Waals surface area (Å²) < 4.78 is 43.2. The van der Waals surface area contributed by atoms with Gasteiger partial charge in [-0.1, -0.05) is 0 Å². The van der Waals surface area contributed by atoms with Crippen molar-refractivity contribution in [3.63, 3.8) is 0 Å². The monoisotopic (exact) mass is 239 g/mol. The first kappa shape index (κ1) is 16.9. The lowest BCUT2D eigenvalue weighted by molar-refractivity contribution is -0.671. The number of rotatable bonds is 1. The van der Waals surface area contributed by atoms with E-state index >= 15 is 0 Å². The van der Waals surface area contributed by atoms with Crippen molar-refractivity contribution in [2.45, 2.75) is 20.4 Å². The van der Waals surface area contributed by atoms with Gasteiger partial charge in [-0.05, 0) is 6.92 Å². The summed E-state index contributed by atoms with van der Waals surface area (Å²) in [7, 11) is -3.98. The molecule has 16 heavy (non-hydrogen) atoms. The second kappa shape index (κ2) is 8.77. The molecule has 0 saturated carbocycles. The highest BCUT2D eigenvalue weighted by Gasteiger charge is 2.20. The quantitative estimate of drug-likeness (QED) is 0.420. The van der Waals surface area contributed by atoms with Gasteiger partial charge in [-0.3, -0.25) is 0 Å². The molecule has 0 unspecified atom stereocenters. The van der Waals surface area contributed by atoms with Crippen LogP contribution in [0.25, 0.3) is 0 Å². The van der Waals surface area contributed by atoms with E-state index in [2.05, 4.69) is 24.0 Å². The molecule has 1 heterocycles. The number of hydrogen-bond acceptors (Lipinski definition) is 1. The number of nitrogens with zero attached hydrogens (tertiary/aromatic N) is 3. The number of nitriles is 1. The van der Waals surface area contributed by atoms with Gasteiger partial charge in [0, 0.05) is 6.92 Å². The molecule has 0 fully saturated rings. The van der Waals surface area contributed by atoms with Gasteiger partial charge in [-0.25, -0.2) is 9.13 Å². The van der Waals surface area contributed by atoms with Crippen LogP contribution in [0.5, 0.6) is 0 Å². The van der Waals surface area contributed by atoms with Crippen molar-refractivity contribution in [2.24, 2.45) is 7.05 Å². The molecule has 0 amide bonds. The van der Waals surface area contributed by atoms with Crippen LogP contribution in [0.2, 0.25) is 0 Å². The summed E-state index contributed by atoms with van der Waals surface area (Å²) in [6.45, 7) is 4.61. The Labute approximate surface area is 92.0 Å². The van der Waals surface area contributed by atoms with Crippen molar-refractivity contribution < 1.29 is 21.8 Å². The van der Waals surface area contributed by atoms with Crippen LogP contribution in [-0.2, 0) is 13.6 Å². The third-order valence-electron chi connectivity index (χ3n) is 1.19. The average molecular weight is 239 g/mol. The van der Waals surface area contributed by atoms with Crippen LogP contribution < -0.4 is 4.57 Å². The summed E-state index contributed by atoms with van der Waals surface area (Å²) in [5.74, 6) is 0. The standard InChI is InChI=1S/C6H11N2.C2H3N.BF4/c1-3-8-5-4-7(2)6-8;1-2-3;2-1(3,4)5/h4-6H,3H2,1-2H3;1H3;/q+1;;-1. The van der Waals surface area contributed by atoms with Crippen LogP contribution in [0.1, 0.15) is 13.8 Å². The first-order valence-electron chi connectivity index (χ1n) is 4.43. The van der Waals surface area contributed by atoms with Gasteiger partial charge in [0.15, 0.2) is 0 Å². The Hall–Kier alpha value is -1.52. The molecule has 0 bridgehead atoms. The Balaban J connectivity index is 0. The van der Waals surface area contributed by atoms with Gasteiger partial charge in [0.25, 0.3) is 0 Å². The molecule has 3 nitrogen and oxygen atoms in total. The van der Waals surface area contributed by atoms with Crippen LogP contribution in [0.4, 0.5) is 17.3 Å². The molecule has 1 rings (SSSR count). The lowest BCUT2D eigenvalue weighted by Crippen LogP contribution is -2.23. The molecule has 0 aliphatic carbocycles. The zero-order valence-electron chi connectivity index (χ0n) is 9.37. The molecule has 0 saturated heterocycles. The van der Waals surface area contributed by atoms with Crippen molar-refractivity contribution in [3.05, 3.63) is 18.7 Å². The molecule has 8 heteroatoms. The highest BCUT2D eigenvalue weighted by Crippen LogP contribution is 2.06. The minimum atomic E-state index is -6.00. The van der Waals surface area contributed by atoms with Crippen LogP contribution in [0, 0.1) is 11.3 Å². The van der Waals surface area contributed by atoms with Crippen LogP contribution in [-0.4, -0.2) is 11.8 Å². The predicted octanol–water partition coefficient (Wildman–Crippen LogP) is 2.16. The van der Waals surface area contributed by atoms with Gasteiger partial charge in [-0.15, -0.1) is 0 Å². The summed E-state index contributed by atoms with van der Waals surface area (Å²) in [6, 6.07) is 1.75. The number of halogens is 4. The number of aryl methyl sites for hydroxylation is 2. The van der Waals surface area contributed by atoms with Crippen molar-refractivity contribution in [1.29, 1.82) is 5.26 Å². The van der Waals surface area contributed by atoms with E-state index in [0.29, 0.717) is 0 Å². The highest BCUT2D eigenvalue weighted by molar-refractivity contribution is 6.50. The summed E-state index contributed by atoms with van der Waals surface area (Å²) in [4.78, 5) is 0. The van der Waals surface area contributed by atoms with Crippen molar-refractivity contribution in [1.82, 2.24) is 4.57 Å². The topological polar surface area (TPSA) is 32.6 Å². The maximum atomic E-state index is 9.75. The largest absolute Gasteiger partial charge is 0.673 e. The average Bonchev–Trinajstić information content (AvgIpc) is 2.49. The Morgan fingerprint density at radius 3 is 1.88 bits per heavy atom. The smallest absolute Gasteiger partial charge is 0.418 e. The highest BCUT2D eigenvalue weighted by atomic mass is 19.5. The van der Waals surface area contributed by atoms with Crippen LogP contribution in [0.15, 0.2) is 18.7 Å². The zero-order valence-corrected chi connectivity index (χ0v) is 9.37. The SMILES string of the molecule is CC#N.CCn1cc[n+](C)c1.F[B-](F)(F)F. The van der Waals surface area contributed by atoms with E-state index in [1.165, 1.54) is 6.92 Å². The second-order valence-corrected chi connectivity index (χ2v) is 2.63. The van der Waals surface area contributed by atoms with Crippen molar-refractivity contribution >= 4 is 7.25 Å². The Morgan fingerprint density at radius 2 is 1.75 bits per heavy atom. The maximum Gasteiger partial charge on any atom is 0.673 e.